The summed E-state index contributed by atoms with van der Waals surface area (Å²) >= 11 is 8.01. The number of rotatable bonds is 1. The van der Waals surface area contributed by atoms with Crippen LogP contribution in [0.15, 0.2) is 12.1 Å². The molecule has 2 rings (SSSR count). The Balaban J connectivity index is 2.93. The Kier molecular flexibility index (Phi) is 3.47. The molecule has 1 aromatic carbocycles. The van der Waals surface area contributed by atoms with Gasteiger partial charge in [0.2, 0.25) is 0 Å². The average molecular weight is 385 g/mol. The van der Waals surface area contributed by atoms with Gasteiger partial charge in [-0.1, -0.05) is 11.6 Å². The summed E-state index contributed by atoms with van der Waals surface area (Å²) in [7, 11) is 5.15. The predicted octanol–water partition coefficient (Wildman–Crippen LogP) is 2.19. The number of hydrogen-bond donors (Lipinski definition) is 1. The number of nitrogens with zero attached hydrogens (tertiary/aromatic N) is 1. The molecule has 0 spiro atoms. The van der Waals surface area contributed by atoms with Gasteiger partial charge in [0, 0.05) is 15.7 Å². The molecular formula is C9H7ClINO2P2. The molecule has 0 aliphatic rings. The largest absolute Gasteiger partial charge is 0.477 e. The molecule has 1 N–H and O–H groups in total. The van der Waals surface area contributed by atoms with Crippen molar-refractivity contribution in [2.45, 2.75) is 0 Å². The summed E-state index contributed by atoms with van der Waals surface area (Å²) in [5, 5.41) is 12.2. The molecule has 0 saturated heterocycles. The molecule has 84 valence electrons. The highest BCUT2D eigenvalue weighted by atomic mass is 127. The van der Waals surface area contributed by atoms with Crippen LogP contribution in [0.25, 0.3) is 10.9 Å². The normalized spacial score (nSPS) is 11.0. The van der Waals surface area contributed by atoms with Crippen LogP contribution in [0.4, 0.5) is 0 Å². The van der Waals surface area contributed by atoms with Crippen LogP contribution in [0, 0.1) is 0 Å². The molecule has 0 aliphatic heterocycles. The molecule has 0 saturated carbocycles. The van der Waals surface area contributed by atoms with Gasteiger partial charge in [-0.2, -0.15) is 0 Å². The van der Waals surface area contributed by atoms with Crippen LogP contribution in [-0.2, 0) is 0 Å². The first-order valence-corrected chi connectivity index (χ1v) is 6.71. The van der Waals surface area contributed by atoms with Crippen molar-refractivity contribution in [1.82, 2.24) is 2.78 Å². The summed E-state index contributed by atoms with van der Waals surface area (Å²) in [5.41, 5.74) is 1.10. The summed E-state index contributed by atoms with van der Waals surface area (Å²) in [4.78, 5) is 11.0. The number of carbonyl (C=O) groups is 1. The van der Waals surface area contributed by atoms with Gasteiger partial charge < -0.3 is 5.11 Å². The van der Waals surface area contributed by atoms with Gasteiger partial charge in [-0.25, -0.2) is 4.79 Å². The molecule has 2 aromatic rings. The molecule has 16 heavy (non-hydrogen) atoms. The lowest BCUT2D eigenvalue weighted by Gasteiger charge is -2.06. The van der Waals surface area contributed by atoms with Gasteiger partial charge in [-0.05, 0) is 17.4 Å². The third kappa shape index (κ3) is 1.86. The Hall–Kier alpha value is 0.110. The minimum absolute atomic E-state index is 0.242. The smallest absolute Gasteiger partial charge is 0.353 e. The van der Waals surface area contributed by atoms with E-state index in [2.05, 4.69) is 18.5 Å². The Labute approximate surface area is 115 Å². The maximum atomic E-state index is 11.0. The monoisotopic (exact) mass is 385 g/mol. The van der Waals surface area contributed by atoms with E-state index in [0.29, 0.717) is 5.02 Å². The number of aromatic nitrogens is 1. The maximum absolute atomic E-state index is 11.0. The molecule has 1 heterocycles. The van der Waals surface area contributed by atoms with Crippen LogP contribution in [0.5, 0.6) is 0 Å². The molecule has 0 fully saturated rings. The highest BCUT2D eigenvalue weighted by Crippen LogP contribution is 2.25. The fraction of sp³-hybridized carbons (Fsp3) is 0. The van der Waals surface area contributed by atoms with Crippen LogP contribution in [0.1, 0.15) is 10.5 Å². The molecule has 3 nitrogen and oxygen atoms in total. The third-order valence-electron chi connectivity index (χ3n) is 2.28. The van der Waals surface area contributed by atoms with Gasteiger partial charge >= 0.3 is 5.97 Å². The molecule has 0 radical (unpaired) electrons. The molecule has 0 amide bonds. The summed E-state index contributed by atoms with van der Waals surface area (Å²) in [5.74, 6) is -0.948. The lowest BCUT2D eigenvalue weighted by molar-refractivity contribution is 0.0691. The predicted molar refractivity (Wildman–Crippen MR) is 82.0 cm³/mol. The van der Waals surface area contributed by atoms with Gasteiger partial charge in [0.25, 0.3) is 0 Å². The van der Waals surface area contributed by atoms with Gasteiger partial charge in [0.1, 0.15) is 5.69 Å². The molecule has 2 unspecified atom stereocenters. The van der Waals surface area contributed by atoms with E-state index in [1.165, 1.54) is 0 Å². The second-order valence-electron chi connectivity index (χ2n) is 3.24. The number of benzene rings is 1. The van der Waals surface area contributed by atoms with Crippen LogP contribution in [-0.4, -0.2) is 13.9 Å². The summed E-state index contributed by atoms with van der Waals surface area (Å²) in [6, 6.07) is 3.39. The van der Waals surface area contributed by atoms with Crippen molar-refractivity contribution in [3.05, 3.63) is 22.8 Å². The van der Waals surface area contributed by atoms with E-state index in [-0.39, 0.29) is 5.69 Å². The van der Waals surface area contributed by atoms with Gasteiger partial charge in [0.15, 0.2) is 0 Å². The fourth-order valence-corrected chi connectivity index (χ4v) is 3.62. The molecule has 0 aliphatic carbocycles. The summed E-state index contributed by atoms with van der Waals surface area (Å²) < 4.78 is 1.63. The van der Waals surface area contributed by atoms with Crippen LogP contribution in [0.3, 0.4) is 0 Å². The Morgan fingerprint density at radius 1 is 1.38 bits per heavy atom. The van der Waals surface area contributed by atoms with E-state index in [1.54, 1.807) is 14.9 Å². The van der Waals surface area contributed by atoms with Crippen molar-refractivity contribution >= 4 is 80.4 Å². The number of halogens is 2. The molecule has 2 atom stereocenters. The van der Waals surface area contributed by atoms with Gasteiger partial charge in [-0.15, -0.1) is 18.5 Å². The van der Waals surface area contributed by atoms with E-state index in [1.807, 2.05) is 22.9 Å². The van der Waals surface area contributed by atoms with Crippen molar-refractivity contribution in [1.29, 1.82) is 0 Å². The molecular weight excluding hydrogens is 378 g/mol. The Morgan fingerprint density at radius 3 is 2.56 bits per heavy atom. The summed E-state index contributed by atoms with van der Waals surface area (Å²) in [6.07, 6.45) is 0. The van der Waals surface area contributed by atoms with Crippen molar-refractivity contribution in [2.75, 3.05) is 0 Å². The van der Waals surface area contributed by atoms with Crippen molar-refractivity contribution < 1.29 is 9.90 Å². The van der Waals surface area contributed by atoms with Crippen molar-refractivity contribution in [2.24, 2.45) is 0 Å². The molecule has 0 bridgehead atoms. The summed E-state index contributed by atoms with van der Waals surface area (Å²) in [6.45, 7) is 0. The topological polar surface area (TPSA) is 42.2 Å². The fourth-order valence-electron chi connectivity index (χ4n) is 1.49. The molecule has 7 heteroatoms. The van der Waals surface area contributed by atoms with Gasteiger partial charge in [-0.3, -0.25) is 2.78 Å². The van der Waals surface area contributed by atoms with Crippen LogP contribution >= 0.6 is 52.9 Å². The number of carboxylic acid groups (broad SMARTS) is 1. The lowest BCUT2D eigenvalue weighted by Crippen LogP contribution is -2.15. The zero-order chi connectivity index (χ0) is 12.0. The van der Waals surface area contributed by atoms with E-state index in [0.717, 1.165) is 21.5 Å². The highest BCUT2D eigenvalue weighted by Gasteiger charge is 2.16. The Bertz CT molecular complexity index is 611. The average Bonchev–Trinajstić information content (AvgIpc) is 2.52. The van der Waals surface area contributed by atoms with Crippen molar-refractivity contribution in [3.8, 4) is 0 Å². The first kappa shape index (κ1) is 12.6. The number of hydrogen-bond acceptors (Lipinski definition) is 1. The zero-order valence-electron chi connectivity index (χ0n) is 7.87. The zero-order valence-corrected chi connectivity index (χ0v) is 13.1. The first-order chi connectivity index (χ1) is 7.43. The number of fused-ring (bicyclic) bond motifs is 1. The Morgan fingerprint density at radius 2 is 2.00 bits per heavy atom. The van der Waals surface area contributed by atoms with Crippen LogP contribution < -0.4 is 10.6 Å². The minimum atomic E-state index is -0.948. The van der Waals surface area contributed by atoms with Crippen molar-refractivity contribution in [3.63, 3.8) is 0 Å². The van der Waals surface area contributed by atoms with E-state index in [9.17, 15) is 4.79 Å². The lowest BCUT2D eigenvalue weighted by atomic mass is 10.2. The third-order valence-corrected chi connectivity index (χ3v) is 5.32. The standard InChI is InChI=1S/C9H7ClINO2P2/c10-4-1-3-2-5(9(13)14)12(11)6(3)8(16)7(4)15/h1-2H,15-16H2,(H,13,14). The minimum Gasteiger partial charge on any atom is -0.477 e. The quantitative estimate of drug-likeness (QED) is 0.604. The number of aromatic carboxylic acids is 1. The maximum Gasteiger partial charge on any atom is 0.353 e. The van der Waals surface area contributed by atoms with Crippen LogP contribution in [0.2, 0.25) is 5.02 Å². The van der Waals surface area contributed by atoms with E-state index >= 15 is 0 Å². The highest BCUT2D eigenvalue weighted by molar-refractivity contribution is 14.1. The number of carboxylic acids is 1. The van der Waals surface area contributed by atoms with E-state index in [4.69, 9.17) is 16.7 Å². The second-order valence-corrected chi connectivity index (χ2v) is 5.77. The second kappa shape index (κ2) is 4.41. The molecule has 1 aromatic heterocycles. The van der Waals surface area contributed by atoms with E-state index < -0.39 is 5.97 Å². The van der Waals surface area contributed by atoms with Gasteiger partial charge in [0.05, 0.1) is 28.4 Å². The first-order valence-electron chi connectivity index (χ1n) is 4.22. The SMILES string of the molecule is O=C(O)c1cc2cc(Cl)c(P)c(P)c2n1I.